The first-order valence-corrected chi connectivity index (χ1v) is 8.93. The molecule has 5 nitrogen and oxygen atoms in total. The molecule has 0 spiro atoms. The predicted molar refractivity (Wildman–Crippen MR) is 91.5 cm³/mol. The van der Waals surface area contributed by atoms with Crippen LogP contribution >= 0.6 is 0 Å². The number of nitrogens with zero attached hydrogens (tertiary/aromatic N) is 2. The zero-order chi connectivity index (χ0) is 16.8. The normalized spacial score (nSPS) is 21.3. The van der Waals surface area contributed by atoms with Gasteiger partial charge in [-0.3, -0.25) is 9.59 Å². The van der Waals surface area contributed by atoms with Crippen LogP contribution in [0.3, 0.4) is 0 Å². The SMILES string of the molecule is O=C1CCCN1CCC(=O)N1CCOC(CCc2ccccc2)C1. The van der Waals surface area contributed by atoms with E-state index in [0.717, 1.165) is 25.8 Å². The van der Waals surface area contributed by atoms with Crippen molar-refractivity contribution in [1.82, 2.24) is 9.80 Å². The van der Waals surface area contributed by atoms with Crippen LogP contribution in [0.5, 0.6) is 0 Å². The van der Waals surface area contributed by atoms with Gasteiger partial charge in [0.1, 0.15) is 0 Å². The van der Waals surface area contributed by atoms with Crippen LogP contribution < -0.4 is 0 Å². The lowest BCUT2D eigenvalue weighted by atomic mass is 10.1. The second-order valence-electron chi connectivity index (χ2n) is 6.59. The van der Waals surface area contributed by atoms with E-state index in [1.165, 1.54) is 5.56 Å². The summed E-state index contributed by atoms with van der Waals surface area (Å²) < 4.78 is 5.82. The Labute approximate surface area is 143 Å². The summed E-state index contributed by atoms with van der Waals surface area (Å²) in [4.78, 5) is 27.7. The molecule has 0 N–H and O–H groups in total. The first kappa shape index (κ1) is 17.0. The van der Waals surface area contributed by atoms with Crippen molar-refractivity contribution < 1.29 is 14.3 Å². The third-order valence-electron chi connectivity index (χ3n) is 4.86. The molecule has 5 heteroatoms. The molecule has 0 aliphatic carbocycles. The van der Waals surface area contributed by atoms with Crippen molar-refractivity contribution in [1.29, 1.82) is 0 Å². The van der Waals surface area contributed by atoms with Crippen molar-refractivity contribution in [2.45, 2.75) is 38.2 Å². The third-order valence-corrected chi connectivity index (χ3v) is 4.86. The Kier molecular flexibility index (Phi) is 5.86. The molecule has 2 heterocycles. The van der Waals surface area contributed by atoms with E-state index in [-0.39, 0.29) is 17.9 Å². The maximum atomic E-state index is 12.4. The highest BCUT2D eigenvalue weighted by molar-refractivity contribution is 5.80. The first-order valence-electron chi connectivity index (χ1n) is 8.93. The Bertz CT molecular complexity index is 561. The van der Waals surface area contributed by atoms with Crippen LogP contribution in [-0.2, 0) is 20.7 Å². The molecule has 1 aromatic carbocycles. The summed E-state index contributed by atoms with van der Waals surface area (Å²) >= 11 is 0. The number of amides is 2. The summed E-state index contributed by atoms with van der Waals surface area (Å²) in [6, 6.07) is 10.4. The minimum atomic E-state index is 0.108. The van der Waals surface area contributed by atoms with Crippen LogP contribution in [0.15, 0.2) is 30.3 Å². The monoisotopic (exact) mass is 330 g/mol. The molecule has 1 atom stereocenters. The fraction of sp³-hybridized carbons (Fsp3) is 0.579. The molecule has 24 heavy (non-hydrogen) atoms. The van der Waals surface area contributed by atoms with Gasteiger partial charge in [-0.1, -0.05) is 30.3 Å². The number of benzene rings is 1. The van der Waals surface area contributed by atoms with Crippen LogP contribution in [0.1, 0.15) is 31.2 Å². The van der Waals surface area contributed by atoms with E-state index in [0.29, 0.717) is 39.1 Å². The maximum Gasteiger partial charge on any atom is 0.224 e. The van der Waals surface area contributed by atoms with E-state index in [2.05, 4.69) is 12.1 Å². The molecule has 2 amide bonds. The minimum Gasteiger partial charge on any atom is -0.375 e. The lowest BCUT2D eigenvalue weighted by Gasteiger charge is -2.33. The summed E-state index contributed by atoms with van der Waals surface area (Å²) in [6.45, 7) is 3.29. The molecule has 2 saturated heterocycles. The molecule has 2 aliphatic rings. The minimum absolute atomic E-state index is 0.108. The number of hydrogen-bond acceptors (Lipinski definition) is 3. The lowest BCUT2D eigenvalue weighted by molar-refractivity contribution is -0.139. The van der Waals surface area contributed by atoms with E-state index >= 15 is 0 Å². The second kappa shape index (κ2) is 8.29. The molecule has 1 unspecified atom stereocenters. The van der Waals surface area contributed by atoms with Crippen molar-refractivity contribution >= 4 is 11.8 Å². The van der Waals surface area contributed by atoms with Gasteiger partial charge in [-0.25, -0.2) is 0 Å². The summed E-state index contributed by atoms with van der Waals surface area (Å²) in [5.41, 5.74) is 1.30. The standard InChI is InChI=1S/C19H26N2O3/c22-18-7-4-11-20(18)12-10-19(23)21-13-14-24-17(15-21)9-8-16-5-2-1-3-6-16/h1-3,5-6,17H,4,7-15H2. The van der Waals surface area contributed by atoms with Crippen LogP contribution in [0, 0.1) is 0 Å². The van der Waals surface area contributed by atoms with Crippen molar-refractivity contribution in [2.75, 3.05) is 32.8 Å². The number of likely N-dealkylation sites (tertiary alicyclic amines) is 1. The fourth-order valence-electron chi connectivity index (χ4n) is 3.42. The third kappa shape index (κ3) is 4.57. The number of morpholine rings is 1. The van der Waals surface area contributed by atoms with Gasteiger partial charge in [0, 0.05) is 39.0 Å². The number of hydrogen-bond donors (Lipinski definition) is 0. The fourth-order valence-corrected chi connectivity index (χ4v) is 3.42. The van der Waals surface area contributed by atoms with Gasteiger partial charge >= 0.3 is 0 Å². The van der Waals surface area contributed by atoms with Gasteiger partial charge in [0.25, 0.3) is 0 Å². The van der Waals surface area contributed by atoms with Gasteiger partial charge in [0.15, 0.2) is 0 Å². The van der Waals surface area contributed by atoms with E-state index in [1.54, 1.807) is 0 Å². The van der Waals surface area contributed by atoms with Crippen molar-refractivity contribution in [3.63, 3.8) is 0 Å². The molecule has 2 fully saturated rings. The quantitative estimate of drug-likeness (QED) is 0.800. The Hall–Kier alpha value is -1.88. The Morgan fingerprint density at radius 1 is 1.21 bits per heavy atom. The average Bonchev–Trinajstić information content (AvgIpc) is 3.04. The summed E-state index contributed by atoms with van der Waals surface area (Å²) in [5.74, 6) is 0.327. The number of ether oxygens (including phenoxy) is 1. The molecule has 1 aromatic rings. The highest BCUT2D eigenvalue weighted by atomic mass is 16.5. The topological polar surface area (TPSA) is 49.9 Å². The summed E-state index contributed by atoms with van der Waals surface area (Å²) in [6.07, 6.45) is 3.99. The molecular formula is C19H26N2O3. The zero-order valence-electron chi connectivity index (χ0n) is 14.2. The average molecular weight is 330 g/mol. The first-order chi connectivity index (χ1) is 11.7. The molecular weight excluding hydrogens is 304 g/mol. The Morgan fingerprint density at radius 3 is 2.79 bits per heavy atom. The lowest BCUT2D eigenvalue weighted by Crippen LogP contribution is -2.46. The Morgan fingerprint density at radius 2 is 2.04 bits per heavy atom. The molecule has 0 saturated carbocycles. The van der Waals surface area contributed by atoms with E-state index in [1.807, 2.05) is 28.0 Å². The van der Waals surface area contributed by atoms with E-state index in [9.17, 15) is 9.59 Å². The van der Waals surface area contributed by atoms with Crippen molar-refractivity contribution in [3.05, 3.63) is 35.9 Å². The molecule has 2 aliphatic heterocycles. The largest absolute Gasteiger partial charge is 0.375 e. The smallest absolute Gasteiger partial charge is 0.224 e. The Balaban J connectivity index is 1.42. The molecule has 3 rings (SSSR count). The van der Waals surface area contributed by atoms with Gasteiger partial charge in [-0.15, -0.1) is 0 Å². The summed E-state index contributed by atoms with van der Waals surface area (Å²) in [5, 5.41) is 0. The maximum absolute atomic E-state index is 12.4. The van der Waals surface area contributed by atoms with Gasteiger partial charge < -0.3 is 14.5 Å². The van der Waals surface area contributed by atoms with Gasteiger partial charge in [0.05, 0.1) is 12.7 Å². The van der Waals surface area contributed by atoms with E-state index < -0.39 is 0 Å². The van der Waals surface area contributed by atoms with E-state index in [4.69, 9.17) is 4.74 Å². The van der Waals surface area contributed by atoms with Crippen molar-refractivity contribution in [3.8, 4) is 0 Å². The number of rotatable bonds is 6. The van der Waals surface area contributed by atoms with Gasteiger partial charge in [-0.05, 0) is 24.8 Å². The molecule has 0 aromatic heterocycles. The zero-order valence-corrected chi connectivity index (χ0v) is 14.2. The number of carbonyl (C=O) groups is 2. The highest BCUT2D eigenvalue weighted by Gasteiger charge is 2.26. The predicted octanol–water partition coefficient (Wildman–Crippen LogP) is 1.86. The molecule has 130 valence electrons. The molecule has 0 radical (unpaired) electrons. The highest BCUT2D eigenvalue weighted by Crippen LogP contribution is 2.15. The van der Waals surface area contributed by atoms with Crippen LogP contribution in [0.2, 0.25) is 0 Å². The number of aryl methyl sites for hydroxylation is 1. The summed E-state index contributed by atoms with van der Waals surface area (Å²) in [7, 11) is 0. The van der Waals surface area contributed by atoms with Crippen LogP contribution in [-0.4, -0.2) is 60.5 Å². The van der Waals surface area contributed by atoms with Gasteiger partial charge in [-0.2, -0.15) is 0 Å². The second-order valence-corrected chi connectivity index (χ2v) is 6.59. The molecule has 0 bridgehead atoms. The van der Waals surface area contributed by atoms with Crippen LogP contribution in [0.4, 0.5) is 0 Å². The van der Waals surface area contributed by atoms with Crippen molar-refractivity contribution in [2.24, 2.45) is 0 Å². The van der Waals surface area contributed by atoms with Gasteiger partial charge in [0.2, 0.25) is 11.8 Å². The number of carbonyl (C=O) groups excluding carboxylic acids is 2. The van der Waals surface area contributed by atoms with Crippen LogP contribution in [0.25, 0.3) is 0 Å².